The molecule has 2 nitrogen and oxygen atoms in total. The van der Waals surface area contributed by atoms with Gasteiger partial charge in [-0.1, -0.05) is 6.42 Å². The lowest BCUT2D eigenvalue weighted by Crippen LogP contribution is -2.51. The zero-order valence-corrected chi connectivity index (χ0v) is 9.04. The van der Waals surface area contributed by atoms with Crippen LogP contribution < -0.4 is 5.32 Å². The molecule has 3 fully saturated rings. The Morgan fingerprint density at radius 2 is 1.57 bits per heavy atom. The molecular formula is C12H22N2. The molecule has 14 heavy (non-hydrogen) atoms. The molecule has 1 N–H and O–H groups in total. The van der Waals surface area contributed by atoms with E-state index < -0.39 is 0 Å². The van der Waals surface area contributed by atoms with Crippen LogP contribution in [0.1, 0.15) is 32.1 Å². The van der Waals surface area contributed by atoms with Gasteiger partial charge in [0.25, 0.3) is 0 Å². The zero-order chi connectivity index (χ0) is 9.38. The Balaban J connectivity index is 1.46. The van der Waals surface area contributed by atoms with Crippen LogP contribution in [-0.4, -0.2) is 37.1 Å². The lowest BCUT2D eigenvalue weighted by Gasteiger charge is -2.45. The first kappa shape index (κ1) is 9.17. The Morgan fingerprint density at radius 3 is 2.00 bits per heavy atom. The van der Waals surface area contributed by atoms with Gasteiger partial charge in [-0.3, -0.25) is 0 Å². The molecule has 3 rings (SSSR count). The average Bonchev–Trinajstić information content (AvgIpc) is 2.02. The Morgan fingerprint density at radius 1 is 0.857 bits per heavy atom. The molecule has 0 radical (unpaired) electrons. The summed E-state index contributed by atoms with van der Waals surface area (Å²) in [7, 11) is 0. The number of rotatable bonds is 2. The molecule has 0 amide bonds. The van der Waals surface area contributed by atoms with Gasteiger partial charge in [0.05, 0.1) is 0 Å². The summed E-state index contributed by atoms with van der Waals surface area (Å²) in [4.78, 5) is 2.76. The van der Waals surface area contributed by atoms with Gasteiger partial charge >= 0.3 is 0 Å². The predicted molar refractivity (Wildman–Crippen MR) is 58.3 cm³/mol. The van der Waals surface area contributed by atoms with Crippen LogP contribution in [0.3, 0.4) is 0 Å². The Kier molecular flexibility index (Phi) is 2.50. The first-order valence-electron chi connectivity index (χ1n) is 6.38. The lowest BCUT2D eigenvalue weighted by atomic mass is 9.79. The molecular weight excluding hydrogens is 172 g/mol. The second kappa shape index (κ2) is 3.82. The maximum Gasteiger partial charge on any atom is 0.00952 e. The van der Waals surface area contributed by atoms with Crippen LogP contribution in [0, 0.1) is 11.8 Å². The van der Waals surface area contributed by atoms with E-state index in [0.29, 0.717) is 0 Å². The summed E-state index contributed by atoms with van der Waals surface area (Å²) in [6.07, 6.45) is 7.40. The SMILES string of the molecule is C1CC(N2CCC(C3CNC3)CC2)C1. The fraction of sp³-hybridized carbons (Fsp3) is 1.00. The largest absolute Gasteiger partial charge is 0.316 e. The van der Waals surface area contributed by atoms with Gasteiger partial charge in [0, 0.05) is 6.04 Å². The van der Waals surface area contributed by atoms with Gasteiger partial charge in [0.15, 0.2) is 0 Å². The standard InChI is InChI=1S/C12H22N2/c1-2-12(3-1)14-6-4-10(5-7-14)11-8-13-9-11/h10-13H,1-9H2. The van der Waals surface area contributed by atoms with Crippen molar-refractivity contribution in [2.45, 2.75) is 38.1 Å². The van der Waals surface area contributed by atoms with E-state index in [1.54, 1.807) is 0 Å². The molecule has 2 saturated heterocycles. The van der Waals surface area contributed by atoms with Crippen LogP contribution in [0.2, 0.25) is 0 Å². The second-order valence-corrected chi connectivity index (χ2v) is 5.38. The number of likely N-dealkylation sites (tertiary alicyclic amines) is 1. The predicted octanol–water partition coefficient (Wildman–Crippen LogP) is 1.47. The second-order valence-electron chi connectivity index (χ2n) is 5.38. The molecule has 0 spiro atoms. The quantitative estimate of drug-likeness (QED) is 0.716. The van der Waals surface area contributed by atoms with E-state index in [-0.39, 0.29) is 0 Å². The number of piperidine rings is 1. The summed E-state index contributed by atoms with van der Waals surface area (Å²) < 4.78 is 0. The average molecular weight is 194 g/mol. The molecule has 0 unspecified atom stereocenters. The third-order valence-electron chi connectivity index (χ3n) is 4.65. The highest BCUT2D eigenvalue weighted by Crippen LogP contribution is 2.32. The number of nitrogens with zero attached hydrogens (tertiary/aromatic N) is 1. The molecule has 0 bridgehead atoms. The summed E-state index contributed by atoms with van der Waals surface area (Å²) in [5.41, 5.74) is 0. The highest BCUT2D eigenvalue weighted by molar-refractivity contribution is 4.88. The van der Waals surface area contributed by atoms with Crippen LogP contribution in [0.15, 0.2) is 0 Å². The molecule has 0 aromatic heterocycles. The van der Waals surface area contributed by atoms with Gasteiger partial charge in [-0.25, -0.2) is 0 Å². The Bertz CT molecular complexity index is 166. The molecule has 0 atom stereocenters. The number of nitrogens with one attached hydrogen (secondary N) is 1. The van der Waals surface area contributed by atoms with Crippen LogP contribution >= 0.6 is 0 Å². The number of hydrogen-bond donors (Lipinski definition) is 1. The number of hydrogen-bond acceptors (Lipinski definition) is 2. The van der Waals surface area contributed by atoms with E-state index in [1.807, 2.05) is 0 Å². The minimum atomic E-state index is 0.982. The molecule has 80 valence electrons. The first-order chi connectivity index (χ1) is 6.93. The van der Waals surface area contributed by atoms with Crippen molar-refractivity contribution < 1.29 is 0 Å². The summed E-state index contributed by atoms with van der Waals surface area (Å²) in [6, 6.07) is 0.982. The molecule has 2 heterocycles. The maximum absolute atomic E-state index is 3.40. The molecule has 0 aromatic rings. The zero-order valence-electron chi connectivity index (χ0n) is 9.04. The smallest absolute Gasteiger partial charge is 0.00952 e. The van der Waals surface area contributed by atoms with Gasteiger partial charge in [-0.05, 0) is 63.7 Å². The van der Waals surface area contributed by atoms with Crippen molar-refractivity contribution in [1.29, 1.82) is 0 Å². The van der Waals surface area contributed by atoms with Crippen molar-refractivity contribution in [3.8, 4) is 0 Å². The highest BCUT2D eigenvalue weighted by atomic mass is 15.2. The monoisotopic (exact) mass is 194 g/mol. The van der Waals surface area contributed by atoms with Crippen molar-refractivity contribution >= 4 is 0 Å². The van der Waals surface area contributed by atoms with Crippen molar-refractivity contribution in [2.75, 3.05) is 26.2 Å². The van der Waals surface area contributed by atoms with Crippen molar-refractivity contribution in [3.63, 3.8) is 0 Å². The van der Waals surface area contributed by atoms with Crippen molar-refractivity contribution in [1.82, 2.24) is 10.2 Å². The summed E-state index contributed by atoms with van der Waals surface area (Å²) in [5.74, 6) is 2.08. The van der Waals surface area contributed by atoms with E-state index in [0.717, 1.165) is 17.9 Å². The fourth-order valence-corrected chi connectivity index (χ4v) is 3.15. The molecule has 3 aliphatic rings. The van der Waals surface area contributed by atoms with Gasteiger partial charge in [0.1, 0.15) is 0 Å². The van der Waals surface area contributed by atoms with Gasteiger partial charge in [-0.2, -0.15) is 0 Å². The molecule has 2 aliphatic heterocycles. The van der Waals surface area contributed by atoms with Crippen molar-refractivity contribution in [3.05, 3.63) is 0 Å². The van der Waals surface area contributed by atoms with E-state index >= 15 is 0 Å². The fourth-order valence-electron chi connectivity index (χ4n) is 3.15. The maximum atomic E-state index is 3.40. The normalized spacial score (nSPS) is 32.6. The summed E-state index contributed by atoms with van der Waals surface area (Å²) >= 11 is 0. The lowest BCUT2D eigenvalue weighted by molar-refractivity contribution is 0.0593. The van der Waals surface area contributed by atoms with Crippen LogP contribution in [0.5, 0.6) is 0 Å². The Labute approximate surface area is 87.0 Å². The molecule has 1 saturated carbocycles. The molecule has 2 heteroatoms. The van der Waals surface area contributed by atoms with Gasteiger partial charge in [0.2, 0.25) is 0 Å². The highest BCUT2D eigenvalue weighted by Gasteiger charge is 2.33. The van der Waals surface area contributed by atoms with Crippen LogP contribution in [0.25, 0.3) is 0 Å². The third-order valence-corrected chi connectivity index (χ3v) is 4.65. The van der Waals surface area contributed by atoms with Crippen LogP contribution in [0.4, 0.5) is 0 Å². The van der Waals surface area contributed by atoms with Crippen molar-refractivity contribution in [2.24, 2.45) is 11.8 Å². The first-order valence-corrected chi connectivity index (χ1v) is 6.38. The Hall–Kier alpha value is -0.0800. The minimum absolute atomic E-state index is 0.982. The molecule has 1 aliphatic carbocycles. The van der Waals surface area contributed by atoms with E-state index in [1.165, 1.54) is 58.3 Å². The third kappa shape index (κ3) is 1.59. The van der Waals surface area contributed by atoms with E-state index in [9.17, 15) is 0 Å². The summed E-state index contributed by atoms with van der Waals surface area (Å²) in [6.45, 7) is 5.39. The van der Waals surface area contributed by atoms with E-state index in [4.69, 9.17) is 0 Å². The van der Waals surface area contributed by atoms with Crippen LogP contribution in [-0.2, 0) is 0 Å². The summed E-state index contributed by atoms with van der Waals surface area (Å²) in [5, 5.41) is 3.40. The van der Waals surface area contributed by atoms with E-state index in [2.05, 4.69) is 10.2 Å². The minimum Gasteiger partial charge on any atom is -0.316 e. The topological polar surface area (TPSA) is 15.3 Å². The molecule has 0 aromatic carbocycles. The van der Waals surface area contributed by atoms with Gasteiger partial charge in [-0.15, -0.1) is 0 Å². The van der Waals surface area contributed by atoms with Gasteiger partial charge < -0.3 is 10.2 Å².